The zero-order valence-electron chi connectivity index (χ0n) is 15.9. The van der Waals surface area contributed by atoms with Crippen molar-refractivity contribution in [2.75, 3.05) is 0 Å². The van der Waals surface area contributed by atoms with Crippen LogP contribution in [0.1, 0.15) is 27.2 Å². The van der Waals surface area contributed by atoms with Crippen molar-refractivity contribution < 1.29 is 17.6 Å². The van der Waals surface area contributed by atoms with Crippen LogP contribution < -0.4 is 10.4 Å². The van der Waals surface area contributed by atoms with Crippen LogP contribution in [0.15, 0.2) is 70.1 Å². The van der Waals surface area contributed by atoms with E-state index in [1.165, 1.54) is 6.08 Å². The van der Waals surface area contributed by atoms with Crippen LogP contribution in [-0.2, 0) is 4.43 Å². The first-order valence-electron chi connectivity index (χ1n) is 8.85. The van der Waals surface area contributed by atoms with Crippen LogP contribution in [0.3, 0.4) is 0 Å². The van der Waals surface area contributed by atoms with Gasteiger partial charge in [-0.15, -0.1) is 0 Å². The molecule has 2 aromatic carbocycles. The lowest BCUT2D eigenvalue weighted by Crippen LogP contribution is -2.68. The van der Waals surface area contributed by atoms with Crippen molar-refractivity contribution in [3.8, 4) is 0 Å². The predicted molar refractivity (Wildman–Crippen MR) is 119 cm³/mol. The van der Waals surface area contributed by atoms with Gasteiger partial charge in [-0.3, -0.25) is 0 Å². The first kappa shape index (κ1) is 23.4. The number of alkyl halides is 3. The minimum absolute atomic E-state index is 0.278. The Morgan fingerprint density at radius 3 is 1.68 bits per heavy atom. The second-order valence-corrected chi connectivity index (χ2v) is 14.6. The summed E-state index contributed by atoms with van der Waals surface area (Å²) in [5, 5.41) is 1.13. The van der Waals surface area contributed by atoms with Gasteiger partial charge in [0.1, 0.15) is 6.10 Å². The highest BCUT2D eigenvalue weighted by atomic mass is 79.9. The van der Waals surface area contributed by atoms with Crippen LogP contribution in [0.4, 0.5) is 13.2 Å². The van der Waals surface area contributed by atoms with E-state index in [0.717, 1.165) is 10.4 Å². The van der Waals surface area contributed by atoms with Crippen molar-refractivity contribution in [1.29, 1.82) is 0 Å². The van der Waals surface area contributed by atoms with Gasteiger partial charge in [-0.05, 0) is 47.3 Å². The maximum absolute atomic E-state index is 14.0. The Bertz CT molecular complexity index is 743. The topological polar surface area (TPSA) is 9.23 Å². The molecular weight excluding hydrogens is 513 g/mol. The van der Waals surface area contributed by atoms with Crippen molar-refractivity contribution in [3.63, 3.8) is 0 Å². The molecule has 7 heteroatoms. The maximum Gasteiger partial charge on any atom is 0.413 e. The lowest BCUT2D eigenvalue weighted by molar-refractivity contribution is -0.196. The summed E-state index contributed by atoms with van der Waals surface area (Å²) in [5.74, 6) is 0. The predicted octanol–water partition coefficient (Wildman–Crippen LogP) is 6.52. The van der Waals surface area contributed by atoms with Gasteiger partial charge >= 0.3 is 6.18 Å². The summed E-state index contributed by atoms with van der Waals surface area (Å²) >= 11 is 6.29. The van der Waals surface area contributed by atoms with E-state index in [1.807, 2.05) is 81.4 Å². The fourth-order valence-corrected chi connectivity index (χ4v) is 8.39. The van der Waals surface area contributed by atoms with E-state index in [9.17, 15) is 13.2 Å². The molecule has 2 rings (SSSR count). The summed E-state index contributed by atoms with van der Waals surface area (Å²) < 4.78 is 48.6. The summed E-state index contributed by atoms with van der Waals surface area (Å²) in [4.78, 5) is 0. The first-order valence-corrected chi connectivity index (χ1v) is 12.3. The Balaban J connectivity index is 2.71. The molecule has 0 saturated carbocycles. The van der Waals surface area contributed by atoms with Gasteiger partial charge in [0.25, 0.3) is 8.32 Å². The Morgan fingerprint density at radius 2 is 1.36 bits per heavy atom. The number of benzene rings is 2. The monoisotopic (exact) mass is 534 g/mol. The van der Waals surface area contributed by atoms with E-state index in [2.05, 4.69) is 31.9 Å². The summed E-state index contributed by atoms with van der Waals surface area (Å²) in [5.41, 5.74) is 0. The second kappa shape index (κ2) is 9.28. The molecule has 0 N–H and O–H groups in total. The normalized spacial score (nSPS) is 13.9. The van der Waals surface area contributed by atoms with Crippen LogP contribution in [0.25, 0.3) is 0 Å². The zero-order chi connectivity index (χ0) is 21.0. The zero-order valence-corrected chi connectivity index (χ0v) is 20.1. The molecule has 0 aromatic heterocycles. The molecule has 0 saturated heterocycles. The molecule has 0 spiro atoms. The van der Waals surface area contributed by atoms with E-state index in [4.69, 9.17) is 4.43 Å². The fourth-order valence-electron chi connectivity index (χ4n) is 3.35. The summed E-state index contributed by atoms with van der Waals surface area (Å²) in [6, 6.07) is 18.7. The average molecular weight is 536 g/mol. The molecule has 0 aliphatic carbocycles. The van der Waals surface area contributed by atoms with E-state index in [0.29, 0.717) is 3.39 Å². The maximum atomic E-state index is 14.0. The molecule has 0 radical (unpaired) electrons. The highest BCUT2D eigenvalue weighted by Gasteiger charge is 2.55. The molecule has 0 heterocycles. The van der Waals surface area contributed by atoms with Crippen molar-refractivity contribution in [3.05, 3.63) is 70.1 Å². The second-order valence-electron chi connectivity index (χ2n) is 7.54. The van der Waals surface area contributed by atoms with Crippen molar-refractivity contribution in [2.24, 2.45) is 0 Å². The van der Waals surface area contributed by atoms with E-state index in [-0.39, 0.29) is 6.42 Å². The van der Waals surface area contributed by atoms with Crippen molar-refractivity contribution in [2.45, 2.75) is 44.5 Å². The van der Waals surface area contributed by atoms with Gasteiger partial charge < -0.3 is 4.43 Å². The van der Waals surface area contributed by atoms with Gasteiger partial charge in [0, 0.05) is 6.42 Å². The van der Waals surface area contributed by atoms with Crippen LogP contribution in [0.2, 0.25) is 5.04 Å². The Hall–Kier alpha value is -0.893. The van der Waals surface area contributed by atoms with Gasteiger partial charge in [0.05, 0.1) is 3.39 Å². The SMILES string of the molecule is CC(C)(C)[Si](O[C@H](CC=C(Br)Br)C(F)(F)F)(c1ccccc1)c1ccccc1. The molecule has 28 heavy (non-hydrogen) atoms. The summed E-state index contributed by atoms with van der Waals surface area (Å²) in [6.45, 7) is 5.88. The minimum Gasteiger partial charge on any atom is -0.395 e. The van der Waals surface area contributed by atoms with Crippen LogP contribution in [-0.4, -0.2) is 20.6 Å². The van der Waals surface area contributed by atoms with Gasteiger partial charge in [-0.25, -0.2) is 0 Å². The molecule has 1 nitrogen and oxygen atoms in total. The van der Waals surface area contributed by atoms with Gasteiger partial charge in [0.2, 0.25) is 0 Å². The highest BCUT2D eigenvalue weighted by Crippen LogP contribution is 2.40. The van der Waals surface area contributed by atoms with Crippen molar-refractivity contribution in [1.82, 2.24) is 0 Å². The lowest BCUT2D eigenvalue weighted by atomic mass is 10.2. The number of rotatable bonds is 6. The summed E-state index contributed by atoms with van der Waals surface area (Å²) in [6.07, 6.45) is -5.24. The third-order valence-electron chi connectivity index (χ3n) is 4.59. The summed E-state index contributed by atoms with van der Waals surface area (Å²) in [7, 11) is -3.27. The third-order valence-corrected chi connectivity index (χ3v) is 10.3. The highest BCUT2D eigenvalue weighted by molar-refractivity contribution is 9.28. The molecule has 0 aliphatic rings. The average Bonchev–Trinajstić information content (AvgIpc) is 2.61. The molecule has 0 unspecified atom stereocenters. The molecule has 0 amide bonds. The van der Waals surface area contributed by atoms with E-state index >= 15 is 0 Å². The minimum atomic E-state index is -4.49. The molecule has 152 valence electrons. The number of halogens is 5. The molecule has 0 bridgehead atoms. The molecule has 1 atom stereocenters. The third kappa shape index (κ3) is 5.37. The quantitative estimate of drug-likeness (QED) is 0.383. The van der Waals surface area contributed by atoms with Crippen LogP contribution in [0, 0.1) is 0 Å². The van der Waals surface area contributed by atoms with Crippen LogP contribution >= 0.6 is 31.9 Å². The Labute approximate surface area is 182 Å². The van der Waals surface area contributed by atoms with E-state index in [1.54, 1.807) is 0 Å². The van der Waals surface area contributed by atoms with Gasteiger partial charge in [-0.2, -0.15) is 13.2 Å². The lowest BCUT2D eigenvalue weighted by Gasteiger charge is -2.45. The van der Waals surface area contributed by atoms with Gasteiger partial charge in [0.15, 0.2) is 0 Å². The largest absolute Gasteiger partial charge is 0.413 e. The van der Waals surface area contributed by atoms with Crippen molar-refractivity contribution >= 4 is 50.6 Å². The molecular formula is C21H23Br2F3OSi. The van der Waals surface area contributed by atoms with Gasteiger partial charge in [-0.1, -0.05) is 87.5 Å². The number of hydrogen-bond acceptors (Lipinski definition) is 1. The van der Waals surface area contributed by atoms with E-state index < -0.39 is 25.6 Å². The molecule has 0 aliphatic heterocycles. The number of hydrogen-bond donors (Lipinski definition) is 0. The van der Waals surface area contributed by atoms with Crippen LogP contribution in [0.5, 0.6) is 0 Å². The smallest absolute Gasteiger partial charge is 0.395 e. The fraction of sp³-hybridized carbons (Fsp3) is 0.333. The first-order chi connectivity index (χ1) is 13.0. The standard InChI is InChI=1S/C21H23Br2F3OSi/c1-20(2,3)28(16-10-6-4-7-11-16,17-12-8-5-9-13-17)27-18(21(24,25)26)14-15-19(22)23/h4-13,15,18H,14H2,1-3H3/t18-/m1/s1. The Kier molecular flexibility index (Phi) is 7.75. The molecule has 2 aromatic rings. The Morgan fingerprint density at radius 1 is 0.929 bits per heavy atom. The molecule has 0 fully saturated rings.